The molecule has 2 aromatic rings. The number of benzene rings is 1. The summed E-state index contributed by atoms with van der Waals surface area (Å²) in [6.07, 6.45) is 4.51. The Bertz CT molecular complexity index is 572. The van der Waals surface area contributed by atoms with E-state index in [1.54, 1.807) is 6.21 Å². The molecule has 1 aromatic carbocycles. The molecular formula is C13H16N4OSi. The predicted octanol–water partition coefficient (Wildman–Crippen LogP) is 2.29. The highest BCUT2D eigenvalue weighted by atomic mass is 28.3. The van der Waals surface area contributed by atoms with Gasteiger partial charge in [0.1, 0.15) is 24.1 Å². The summed E-state index contributed by atoms with van der Waals surface area (Å²) in [4.78, 5) is 16.2. The van der Waals surface area contributed by atoms with Crippen molar-refractivity contribution in [3.63, 3.8) is 0 Å². The van der Waals surface area contributed by atoms with Crippen LogP contribution < -0.4 is 4.43 Å². The van der Waals surface area contributed by atoms with E-state index in [2.05, 4.69) is 33.0 Å². The quantitative estimate of drug-likeness (QED) is 0.633. The SMILES string of the molecule is Cc1ccc(O[SiH](C)C)c(N=Cc2ncncn2)c1. The highest BCUT2D eigenvalue weighted by Gasteiger charge is 2.05. The largest absolute Gasteiger partial charge is 0.546 e. The number of aryl methyl sites for hydroxylation is 1. The number of nitrogens with zero attached hydrogens (tertiary/aromatic N) is 4. The molecule has 2 rings (SSSR count). The Morgan fingerprint density at radius 1 is 1.21 bits per heavy atom. The van der Waals surface area contributed by atoms with Crippen LogP contribution in [0.15, 0.2) is 35.8 Å². The molecular weight excluding hydrogens is 256 g/mol. The summed E-state index contributed by atoms with van der Waals surface area (Å²) in [6, 6.07) is 5.97. The molecule has 5 nitrogen and oxygen atoms in total. The fourth-order valence-corrected chi connectivity index (χ4v) is 2.23. The number of hydrogen-bond acceptors (Lipinski definition) is 5. The Morgan fingerprint density at radius 2 is 1.95 bits per heavy atom. The molecule has 0 unspecified atom stereocenters. The van der Waals surface area contributed by atoms with E-state index in [1.165, 1.54) is 12.7 Å². The fourth-order valence-electron chi connectivity index (χ4n) is 1.52. The van der Waals surface area contributed by atoms with Crippen molar-refractivity contribution in [2.75, 3.05) is 0 Å². The van der Waals surface area contributed by atoms with E-state index < -0.39 is 9.04 Å². The van der Waals surface area contributed by atoms with Crippen LogP contribution in [0.25, 0.3) is 0 Å². The Kier molecular flexibility index (Phi) is 4.35. The molecule has 0 saturated heterocycles. The molecule has 0 radical (unpaired) electrons. The summed E-state index contributed by atoms with van der Waals surface area (Å²) in [7, 11) is -1.15. The molecule has 1 heterocycles. The third-order valence-electron chi connectivity index (χ3n) is 2.31. The van der Waals surface area contributed by atoms with Gasteiger partial charge in [-0.2, -0.15) is 0 Å². The topological polar surface area (TPSA) is 60.3 Å². The summed E-state index contributed by atoms with van der Waals surface area (Å²) in [5, 5.41) is 0. The lowest BCUT2D eigenvalue weighted by atomic mass is 10.2. The fraction of sp³-hybridized carbons (Fsp3) is 0.231. The van der Waals surface area contributed by atoms with E-state index in [1.807, 2.05) is 25.1 Å². The summed E-state index contributed by atoms with van der Waals surface area (Å²) in [6.45, 7) is 6.27. The standard InChI is InChI=1S/C13H16N4OSi/c1-10-4-5-12(18-19(2)3)11(6-10)15-7-13-16-8-14-9-17-13/h4-9,19H,1-3H3. The number of hydrogen-bond donors (Lipinski definition) is 0. The van der Waals surface area contributed by atoms with Crippen molar-refractivity contribution >= 4 is 20.9 Å². The third-order valence-corrected chi connectivity index (χ3v) is 3.03. The van der Waals surface area contributed by atoms with E-state index in [0.29, 0.717) is 5.82 Å². The van der Waals surface area contributed by atoms with Crippen LogP contribution in [0.2, 0.25) is 13.1 Å². The minimum Gasteiger partial charge on any atom is -0.546 e. The first-order chi connectivity index (χ1) is 9.15. The smallest absolute Gasteiger partial charge is 0.229 e. The minimum atomic E-state index is -1.15. The Balaban J connectivity index is 2.28. The molecule has 6 heteroatoms. The van der Waals surface area contributed by atoms with E-state index in [-0.39, 0.29) is 0 Å². The lowest BCUT2D eigenvalue weighted by Gasteiger charge is -2.12. The maximum atomic E-state index is 5.86. The molecule has 0 aliphatic rings. The number of aromatic nitrogens is 3. The summed E-state index contributed by atoms with van der Waals surface area (Å²) in [5.74, 6) is 1.35. The summed E-state index contributed by atoms with van der Waals surface area (Å²) >= 11 is 0. The lowest BCUT2D eigenvalue weighted by Crippen LogP contribution is -2.11. The Labute approximate surface area is 114 Å². The van der Waals surface area contributed by atoms with Gasteiger partial charge >= 0.3 is 0 Å². The van der Waals surface area contributed by atoms with Crippen molar-refractivity contribution in [3.05, 3.63) is 42.2 Å². The Hall–Kier alpha value is -2.08. The highest BCUT2D eigenvalue weighted by molar-refractivity contribution is 6.49. The predicted molar refractivity (Wildman–Crippen MR) is 77.8 cm³/mol. The maximum Gasteiger partial charge on any atom is 0.229 e. The van der Waals surface area contributed by atoms with Gasteiger partial charge in [0.2, 0.25) is 9.04 Å². The van der Waals surface area contributed by atoms with Crippen LogP contribution in [0.3, 0.4) is 0 Å². The van der Waals surface area contributed by atoms with Crippen molar-refractivity contribution in [2.45, 2.75) is 20.0 Å². The average molecular weight is 272 g/mol. The number of aliphatic imine (C=N–C) groups is 1. The summed E-state index contributed by atoms with van der Waals surface area (Å²) < 4.78 is 5.86. The van der Waals surface area contributed by atoms with Crippen molar-refractivity contribution in [2.24, 2.45) is 4.99 Å². The Morgan fingerprint density at radius 3 is 2.63 bits per heavy atom. The average Bonchev–Trinajstić information content (AvgIpc) is 2.40. The van der Waals surface area contributed by atoms with Crippen LogP contribution in [-0.2, 0) is 0 Å². The van der Waals surface area contributed by atoms with Crippen LogP contribution in [0.5, 0.6) is 5.75 Å². The van der Waals surface area contributed by atoms with Gasteiger partial charge in [-0.1, -0.05) is 6.07 Å². The monoisotopic (exact) mass is 272 g/mol. The van der Waals surface area contributed by atoms with E-state index in [0.717, 1.165) is 17.0 Å². The molecule has 0 fully saturated rings. The molecule has 1 aromatic heterocycles. The van der Waals surface area contributed by atoms with Crippen molar-refractivity contribution in [3.8, 4) is 5.75 Å². The lowest BCUT2D eigenvalue weighted by molar-refractivity contribution is 0.582. The molecule has 0 amide bonds. The molecule has 0 bridgehead atoms. The second-order valence-corrected chi connectivity index (χ2v) is 6.73. The molecule has 19 heavy (non-hydrogen) atoms. The molecule has 0 aliphatic carbocycles. The van der Waals surface area contributed by atoms with Gasteiger partial charge in [-0.05, 0) is 37.7 Å². The van der Waals surface area contributed by atoms with Gasteiger partial charge in [0.05, 0.1) is 6.21 Å². The zero-order chi connectivity index (χ0) is 13.7. The molecule has 0 spiro atoms. The highest BCUT2D eigenvalue weighted by Crippen LogP contribution is 2.28. The molecule has 0 saturated carbocycles. The van der Waals surface area contributed by atoms with Gasteiger partial charge in [-0.15, -0.1) is 0 Å². The molecule has 0 aliphatic heterocycles. The third kappa shape index (κ3) is 3.96. The molecule has 0 atom stereocenters. The zero-order valence-electron chi connectivity index (χ0n) is 11.2. The van der Waals surface area contributed by atoms with Gasteiger partial charge in [-0.25, -0.2) is 19.9 Å². The van der Waals surface area contributed by atoms with E-state index in [9.17, 15) is 0 Å². The second kappa shape index (κ2) is 6.19. The maximum absolute atomic E-state index is 5.86. The van der Waals surface area contributed by atoms with Crippen molar-refractivity contribution in [1.29, 1.82) is 0 Å². The van der Waals surface area contributed by atoms with Crippen molar-refractivity contribution in [1.82, 2.24) is 15.0 Å². The van der Waals surface area contributed by atoms with Gasteiger partial charge in [0.15, 0.2) is 5.82 Å². The minimum absolute atomic E-state index is 0.532. The van der Waals surface area contributed by atoms with E-state index in [4.69, 9.17) is 4.43 Å². The first-order valence-corrected chi connectivity index (χ1v) is 8.86. The van der Waals surface area contributed by atoms with Crippen LogP contribution in [-0.4, -0.2) is 30.2 Å². The van der Waals surface area contributed by atoms with Crippen LogP contribution in [0.1, 0.15) is 11.4 Å². The van der Waals surface area contributed by atoms with Crippen molar-refractivity contribution < 1.29 is 4.43 Å². The number of rotatable bonds is 4. The first kappa shape index (κ1) is 13.4. The van der Waals surface area contributed by atoms with Gasteiger partial charge in [0.25, 0.3) is 0 Å². The van der Waals surface area contributed by atoms with Crippen LogP contribution >= 0.6 is 0 Å². The molecule has 98 valence electrons. The van der Waals surface area contributed by atoms with Gasteiger partial charge < -0.3 is 4.43 Å². The van der Waals surface area contributed by atoms with Crippen LogP contribution in [0, 0.1) is 6.92 Å². The normalized spacial score (nSPS) is 11.2. The summed E-state index contributed by atoms with van der Waals surface area (Å²) in [5.41, 5.74) is 1.95. The van der Waals surface area contributed by atoms with Gasteiger partial charge in [0, 0.05) is 0 Å². The zero-order valence-corrected chi connectivity index (χ0v) is 12.4. The van der Waals surface area contributed by atoms with E-state index >= 15 is 0 Å². The van der Waals surface area contributed by atoms with Crippen LogP contribution in [0.4, 0.5) is 5.69 Å². The second-order valence-electron chi connectivity index (χ2n) is 4.39. The molecule has 0 N–H and O–H groups in total. The first-order valence-electron chi connectivity index (χ1n) is 6.08. The van der Waals surface area contributed by atoms with Gasteiger partial charge in [-0.3, -0.25) is 0 Å².